The van der Waals surface area contributed by atoms with Gasteiger partial charge in [0.15, 0.2) is 0 Å². The molecule has 0 amide bonds. The summed E-state index contributed by atoms with van der Waals surface area (Å²) in [5.41, 5.74) is 0.791. The minimum Gasteiger partial charge on any atom is -0.316 e. The molecule has 0 radical (unpaired) electrons. The summed E-state index contributed by atoms with van der Waals surface area (Å²) >= 11 is 0. The van der Waals surface area contributed by atoms with Gasteiger partial charge in [0, 0.05) is 13.6 Å². The number of hydrogen-bond acceptors (Lipinski definition) is 3. The lowest BCUT2D eigenvalue weighted by Crippen LogP contribution is -2.38. The molecule has 0 spiro atoms. The molecule has 2 rings (SSSR count). The van der Waals surface area contributed by atoms with Crippen LogP contribution in [-0.2, 0) is 16.6 Å². The van der Waals surface area contributed by atoms with Crippen molar-refractivity contribution in [2.24, 2.45) is 5.92 Å². The Morgan fingerprint density at radius 3 is 2.65 bits per heavy atom. The molecule has 1 aliphatic heterocycles. The molecule has 112 valence electrons. The standard InChI is InChI=1S/C14H21FN2O2S/c1-17(10-12-4-6-14(15)7-5-12)20(18,19)11-13-3-2-8-16-9-13/h4-7,13,16H,2-3,8-11H2,1H3. The van der Waals surface area contributed by atoms with Gasteiger partial charge in [0.2, 0.25) is 10.0 Å². The van der Waals surface area contributed by atoms with Crippen molar-refractivity contribution >= 4 is 10.0 Å². The molecule has 1 saturated heterocycles. The summed E-state index contributed by atoms with van der Waals surface area (Å²) in [5.74, 6) is 0.0505. The molecule has 1 unspecified atom stereocenters. The van der Waals surface area contributed by atoms with Crippen molar-refractivity contribution in [1.82, 2.24) is 9.62 Å². The predicted molar refractivity (Wildman–Crippen MR) is 77.2 cm³/mol. The van der Waals surface area contributed by atoms with E-state index in [1.165, 1.54) is 16.4 Å². The van der Waals surface area contributed by atoms with Gasteiger partial charge in [0.25, 0.3) is 0 Å². The van der Waals surface area contributed by atoms with Crippen LogP contribution in [0.15, 0.2) is 24.3 Å². The van der Waals surface area contributed by atoms with Gasteiger partial charge in [-0.1, -0.05) is 12.1 Å². The number of nitrogens with one attached hydrogen (secondary N) is 1. The van der Waals surface area contributed by atoms with E-state index >= 15 is 0 Å². The summed E-state index contributed by atoms with van der Waals surface area (Å²) in [4.78, 5) is 0. The zero-order chi connectivity index (χ0) is 14.6. The number of piperidine rings is 1. The highest BCUT2D eigenvalue weighted by molar-refractivity contribution is 7.89. The van der Waals surface area contributed by atoms with Crippen LogP contribution in [0.5, 0.6) is 0 Å². The molecule has 0 aromatic heterocycles. The van der Waals surface area contributed by atoms with Gasteiger partial charge in [-0.3, -0.25) is 0 Å². The van der Waals surface area contributed by atoms with Crippen LogP contribution in [-0.4, -0.2) is 38.6 Å². The maximum absolute atomic E-state index is 12.8. The molecule has 1 N–H and O–H groups in total. The van der Waals surface area contributed by atoms with Crippen molar-refractivity contribution in [2.75, 3.05) is 25.9 Å². The van der Waals surface area contributed by atoms with Gasteiger partial charge < -0.3 is 5.32 Å². The molecule has 20 heavy (non-hydrogen) atoms. The molecular formula is C14H21FN2O2S. The third-order valence-electron chi connectivity index (χ3n) is 3.64. The van der Waals surface area contributed by atoms with Crippen LogP contribution in [0, 0.1) is 11.7 Å². The molecule has 6 heteroatoms. The van der Waals surface area contributed by atoms with E-state index < -0.39 is 10.0 Å². The second kappa shape index (κ2) is 6.65. The van der Waals surface area contributed by atoms with E-state index in [9.17, 15) is 12.8 Å². The van der Waals surface area contributed by atoms with Gasteiger partial charge in [-0.2, -0.15) is 0 Å². The van der Waals surface area contributed by atoms with Crippen LogP contribution in [0.4, 0.5) is 4.39 Å². The first-order chi connectivity index (χ1) is 9.47. The number of halogens is 1. The molecule has 1 aromatic carbocycles. The molecular weight excluding hydrogens is 279 g/mol. The summed E-state index contributed by atoms with van der Waals surface area (Å²) in [7, 11) is -1.69. The quantitative estimate of drug-likeness (QED) is 0.898. The third kappa shape index (κ3) is 4.26. The van der Waals surface area contributed by atoms with E-state index in [1.54, 1.807) is 19.2 Å². The van der Waals surface area contributed by atoms with Crippen molar-refractivity contribution in [3.63, 3.8) is 0 Å². The van der Waals surface area contributed by atoms with Gasteiger partial charge in [0.1, 0.15) is 5.82 Å². The predicted octanol–water partition coefficient (Wildman–Crippen LogP) is 1.59. The Hall–Kier alpha value is -0.980. The number of hydrogen-bond donors (Lipinski definition) is 1. The lowest BCUT2D eigenvalue weighted by Gasteiger charge is -2.25. The molecule has 1 atom stereocenters. The number of sulfonamides is 1. The van der Waals surface area contributed by atoms with Gasteiger partial charge in [-0.15, -0.1) is 0 Å². The van der Waals surface area contributed by atoms with Crippen molar-refractivity contribution in [2.45, 2.75) is 19.4 Å². The van der Waals surface area contributed by atoms with Crippen LogP contribution >= 0.6 is 0 Å². The van der Waals surface area contributed by atoms with E-state index in [1.807, 2.05) is 0 Å². The fourth-order valence-electron chi connectivity index (χ4n) is 2.44. The molecule has 1 aliphatic rings. The van der Waals surface area contributed by atoms with Crippen LogP contribution < -0.4 is 5.32 Å². The molecule has 0 saturated carbocycles. The first-order valence-corrected chi connectivity index (χ1v) is 8.47. The summed E-state index contributed by atoms with van der Waals surface area (Å²) in [6, 6.07) is 5.93. The van der Waals surface area contributed by atoms with Gasteiger partial charge in [-0.25, -0.2) is 17.1 Å². The normalized spacial score (nSPS) is 20.2. The Morgan fingerprint density at radius 2 is 2.05 bits per heavy atom. The van der Waals surface area contributed by atoms with Crippen LogP contribution in [0.2, 0.25) is 0 Å². The van der Waals surface area contributed by atoms with E-state index in [0.717, 1.165) is 31.5 Å². The van der Waals surface area contributed by atoms with Gasteiger partial charge in [0.05, 0.1) is 5.75 Å². The molecule has 1 fully saturated rings. The fourth-order valence-corrected chi connectivity index (χ4v) is 3.92. The minimum atomic E-state index is -3.27. The second-order valence-electron chi connectivity index (χ2n) is 5.37. The third-order valence-corrected chi connectivity index (χ3v) is 5.61. The number of nitrogens with zero attached hydrogens (tertiary/aromatic N) is 1. The number of benzene rings is 1. The highest BCUT2D eigenvalue weighted by Gasteiger charge is 2.24. The molecule has 1 heterocycles. The summed E-state index contributed by atoms with van der Waals surface area (Å²) in [5, 5.41) is 3.23. The van der Waals surface area contributed by atoms with Gasteiger partial charge in [-0.05, 0) is 49.5 Å². The lowest BCUT2D eigenvalue weighted by molar-refractivity contribution is 0.391. The first kappa shape index (κ1) is 15.4. The lowest BCUT2D eigenvalue weighted by atomic mass is 10.0. The zero-order valence-electron chi connectivity index (χ0n) is 11.7. The maximum Gasteiger partial charge on any atom is 0.214 e. The highest BCUT2D eigenvalue weighted by Crippen LogP contribution is 2.16. The number of rotatable bonds is 5. The summed E-state index contributed by atoms with van der Waals surface area (Å²) in [6.45, 7) is 2.02. The average Bonchev–Trinajstić information content (AvgIpc) is 2.42. The Labute approximate surface area is 120 Å². The van der Waals surface area contributed by atoms with Crippen LogP contribution in [0.3, 0.4) is 0 Å². The van der Waals surface area contributed by atoms with E-state index in [-0.39, 0.29) is 24.0 Å². The SMILES string of the molecule is CN(Cc1ccc(F)cc1)S(=O)(=O)CC1CCCNC1. The highest BCUT2D eigenvalue weighted by atomic mass is 32.2. The summed E-state index contributed by atoms with van der Waals surface area (Å²) < 4.78 is 38.8. The zero-order valence-corrected chi connectivity index (χ0v) is 12.5. The second-order valence-corrected chi connectivity index (χ2v) is 7.49. The fraction of sp³-hybridized carbons (Fsp3) is 0.571. The Bertz CT molecular complexity index is 525. The largest absolute Gasteiger partial charge is 0.316 e. The Balaban J connectivity index is 1.95. The molecule has 0 aliphatic carbocycles. The van der Waals surface area contributed by atoms with E-state index in [4.69, 9.17) is 0 Å². The van der Waals surface area contributed by atoms with Crippen LogP contribution in [0.1, 0.15) is 18.4 Å². The molecule has 1 aromatic rings. The minimum absolute atomic E-state index is 0.178. The van der Waals surface area contributed by atoms with Crippen molar-refractivity contribution in [1.29, 1.82) is 0 Å². The van der Waals surface area contributed by atoms with E-state index in [2.05, 4.69) is 5.32 Å². The van der Waals surface area contributed by atoms with Crippen molar-refractivity contribution in [3.05, 3.63) is 35.6 Å². The molecule has 0 bridgehead atoms. The van der Waals surface area contributed by atoms with E-state index in [0.29, 0.717) is 0 Å². The maximum atomic E-state index is 12.8. The topological polar surface area (TPSA) is 49.4 Å². The Morgan fingerprint density at radius 1 is 1.35 bits per heavy atom. The monoisotopic (exact) mass is 300 g/mol. The first-order valence-electron chi connectivity index (χ1n) is 6.86. The smallest absolute Gasteiger partial charge is 0.214 e. The average molecular weight is 300 g/mol. The Kier molecular flexibility index (Phi) is 5.12. The van der Waals surface area contributed by atoms with Crippen molar-refractivity contribution in [3.8, 4) is 0 Å². The van der Waals surface area contributed by atoms with Crippen molar-refractivity contribution < 1.29 is 12.8 Å². The summed E-state index contributed by atoms with van der Waals surface area (Å²) in [6.07, 6.45) is 1.98. The van der Waals surface area contributed by atoms with Gasteiger partial charge >= 0.3 is 0 Å². The molecule has 4 nitrogen and oxygen atoms in total. The van der Waals surface area contributed by atoms with Crippen LogP contribution in [0.25, 0.3) is 0 Å².